The Kier molecular flexibility index (Phi) is 6.47. The number of hydrogen-bond donors (Lipinski definition) is 1. The lowest BCUT2D eigenvalue weighted by Gasteiger charge is -2.31. The molecule has 102 valence electrons. The van der Waals surface area contributed by atoms with E-state index in [0.717, 1.165) is 18.0 Å². The van der Waals surface area contributed by atoms with Crippen LogP contribution in [0.15, 0.2) is 18.2 Å². The van der Waals surface area contributed by atoms with E-state index in [0.29, 0.717) is 19.2 Å². The topological polar surface area (TPSA) is 38.5 Å². The Balaban J connectivity index is 3.03. The molecule has 1 rings (SSSR count). The first-order valence-corrected chi connectivity index (χ1v) is 6.72. The smallest absolute Gasteiger partial charge is 0.0637 e. The second-order valence-electron chi connectivity index (χ2n) is 4.59. The van der Waals surface area contributed by atoms with Crippen LogP contribution in [0.5, 0.6) is 0 Å². The molecule has 0 saturated heterocycles. The zero-order chi connectivity index (χ0) is 13.5. The quantitative estimate of drug-likeness (QED) is 0.828. The fraction of sp³-hybridized carbons (Fsp3) is 0.571. The first-order valence-electron chi connectivity index (χ1n) is 6.34. The molecule has 2 N–H and O–H groups in total. The minimum Gasteiger partial charge on any atom is -0.383 e. The summed E-state index contributed by atoms with van der Waals surface area (Å²) in [5.74, 6) is 0. The van der Waals surface area contributed by atoms with Gasteiger partial charge in [0.25, 0.3) is 0 Å². The van der Waals surface area contributed by atoms with Crippen LogP contribution in [0.3, 0.4) is 0 Å². The lowest BCUT2D eigenvalue weighted by Crippen LogP contribution is -2.34. The number of nitrogens with two attached hydrogens (primary N) is 1. The van der Waals surface area contributed by atoms with Crippen molar-refractivity contribution in [1.82, 2.24) is 0 Å². The van der Waals surface area contributed by atoms with Crippen molar-refractivity contribution in [2.75, 3.05) is 31.7 Å². The standard InChI is InChI=1S/C14H23ClN2O/c1-11(2)17(8-9-18-3)14-10-13(15)5-4-12(14)6-7-16/h4-5,10-11H,6-9,16H2,1-3H3. The van der Waals surface area contributed by atoms with Gasteiger partial charge in [-0.2, -0.15) is 0 Å². The first kappa shape index (κ1) is 15.3. The van der Waals surface area contributed by atoms with Crippen molar-refractivity contribution >= 4 is 17.3 Å². The lowest BCUT2D eigenvalue weighted by atomic mass is 10.1. The molecule has 0 aliphatic heterocycles. The Morgan fingerprint density at radius 1 is 1.39 bits per heavy atom. The van der Waals surface area contributed by atoms with Gasteiger partial charge in [0.15, 0.2) is 0 Å². The van der Waals surface area contributed by atoms with E-state index in [1.807, 2.05) is 12.1 Å². The summed E-state index contributed by atoms with van der Waals surface area (Å²) < 4.78 is 5.17. The number of anilines is 1. The van der Waals surface area contributed by atoms with Gasteiger partial charge in [-0.25, -0.2) is 0 Å². The first-order chi connectivity index (χ1) is 8.60. The van der Waals surface area contributed by atoms with Gasteiger partial charge in [0.05, 0.1) is 6.61 Å². The van der Waals surface area contributed by atoms with Gasteiger partial charge in [-0.3, -0.25) is 0 Å². The molecule has 0 aliphatic rings. The van der Waals surface area contributed by atoms with Crippen LogP contribution in [0.2, 0.25) is 5.02 Å². The monoisotopic (exact) mass is 270 g/mol. The number of ether oxygens (including phenoxy) is 1. The van der Waals surface area contributed by atoms with E-state index in [1.165, 1.54) is 11.3 Å². The van der Waals surface area contributed by atoms with Crippen LogP contribution in [0.1, 0.15) is 19.4 Å². The fourth-order valence-electron chi connectivity index (χ4n) is 2.02. The summed E-state index contributed by atoms with van der Waals surface area (Å²) in [7, 11) is 1.72. The summed E-state index contributed by atoms with van der Waals surface area (Å²) in [6.45, 7) is 6.54. The van der Waals surface area contributed by atoms with Crippen molar-refractivity contribution < 1.29 is 4.74 Å². The van der Waals surface area contributed by atoms with Crippen LogP contribution in [-0.2, 0) is 11.2 Å². The minimum atomic E-state index is 0.398. The highest BCUT2D eigenvalue weighted by atomic mass is 35.5. The summed E-state index contributed by atoms with van der Waals surface area (Å²) in [4.78, 5) is 2.31. The van der Waals surface area contributed by atoms with E-state index in [9.17, 15) is 0 Å². The average molecular weight is 271 g/mol. The van der Waals surface area contributed by atoms with Gasteiger partial charge in [-0.05, 0) is 44.5 Å². The van der Waals surface area contributed by atoms with Gasteiger partial charge in [0, 0.05) is 30.4 Å². The van der Waals surface area contributed by atoms with Crippen molar-refractivity contribution in [2.24, 2.45) is 5.73 Å². The van der Waals surface area contributed by atoms with Crippen molar-refractivity contribution in [3.8, 4) is 0 Å². The van der Waals surface area contributed by atoms with E-state index >= 15 is 0 Å². The Bertz CT molecular complexity index is 369. The predicted octanol–water partition coefficient (Wildman–Crippen LogP) is 2.70. The normalized spacial score (nSPS) is 11.0. The molecule has 3 nitrogen and oxygen atoms in total. The summed E-state index contributed by atoms with van der Waals surface area (Å²) in [5, 5.41) is 0.758. The van der Waals surface area contributed by atoms with Crippen LogP contribution in [0.25, 0.3) is 0 Å². The fourth-order valence-corrected chi connectivity index (χ4v) is 2.18. The van der Waals surface area contributed by atoms with Crippen LogP contribution in [0, 0.1) is 0 Å². The summed E-state index contributed by atoms with van der Waals surface area (Å²) >= 11 is 6.11. The number of rotatable bonds is 7. The molecule has 0 amide bonds. The van der Waals surface area contributed by atoms with E-state index in [-0.39, 0.29) is 0 Å². The molecule has 1 aromatic carbocycles. The molecule has 0 aromatic heterocycles. The molecular formula is C14H23ClN2O. The highest BCUT2D eigenvalue weighted by molar-refractivity contribution is 6.30. The molecule has 0 heterocycles. The van der Waals surface area contributed by atoms with E-state index in [2.05, 4.69) is 24.8 Å². The summed E-state index contributed by atoms with van der Waals surface area (Å²) in [5.41, 5.74) is 8.08. The second kappa shape index (κ2) is 7.62. The van der Waals surface area contributed by atoms with Gasteiger partial charge in [-0.1, -0.05) is 17.7 Å². The van der Waals surface area contributed by atoms with Crippen molar-refractivity contribution in [2.45, 2.75) is 26.3 Å². The number of nitrogens with zero attached hydrogens (tertiary/aromatic N) is 1. The molecule has 4 heteroatoms. The van der Waals surface area contributed by atoms with E-state index < -0.39 is 0 Å². The largest absolute Gasteiger partial charge is 0.383 e. The van der Waals surface area contributed by atoms with E-state index in [4.69, 9.17) is 22.1 Å². The number of benzene rings is 1. The Labute approximate surface area is 115 Å². The van der Waals surface area contributed by atoms with Crippen molar-refractivity contribution in [3.05, 3.63) is 28.8 Å². The SMILES string of the molecule is COCCN(c1cc(Cl)ccc1CCN)C(C)C. The highest BCUT2D eigenvalue weighted by Gasteiger charge is 2.14. The number of methoxy groups -OCH3 is 1. The molecule has 0 radical (unpaired) electrons. The van der Waals surface area contributed by atoms with Crippen molar-refractivity contribution in [1.29, 1.82) is 0 Å². The molecule has 0 aliphatic carbocycles. The molecule has 1 aromatic rings. The van der Waals surface area contributed by atoms with Crippen LogP contribution in [-0.4, -0.2) is 32.8 Å². The number of halogens is 1. The maximum absolute atomic E-state index is 6.11. The third-order valence-corrected chi connectivity index (χ3v) is 3.17. The van der Waals surface area contributed by atoms with Crippen LogP contribution >= 0.6 is 11.6 Å². The molecular weight excluding hydrogens is 248 g/mol. The zero-order valence-corrected chi connectivity index (χ0v) is 12.2. The lowest BCUT2D eigenvalue weighted by molar-refractivity contribution is 0.204. The highest BCUT2D eigenvalue weighted by Crippen LogP contribution is 2.26. The maximum Gasteiger partial charge on any atom is 0.0637 e. The Morgan fingerprint density at radius 3 is 2.67 bits per heavy atom. The van der Waals surface area contributed by atoms with Gasteiger partial charge >= 0.3 is 0 Å². The second-order valence-corrected chi connectivity index (χ2v) is 5.03. The third-order valence-electron chi connectivity index (χ3n) is 2.93. The predicted molar refractivity (Wildman–Crippen MR) is 78.6 cm³/mol. The molecule has 0 unspecified atom stereocenters. The van der Waals surface area contributed by atoms with Gasteiger partial charge in [0.1, 0.15) is 0 Å². The van der Waals surface area contributed by atoms with Gasteiger partial charge in [0.2, 0.25) is 0 Å². The molecule has 0 spiro atoms. The zero-order valence-electron chi connectivity index (χ0n) is 11.4. The molecule has 0 saturated carbocycles. The minimum absolute atomic E-state index is 0.398. The molecule has 18 heavy (non-hydrogen) atoms. The molecule has 0 fully saturated rings. The Morgan fingerprint density at radius 2 is 2.11 bits per heavy atom. The number of hydrogen-bond acceptors (Lipinski definition) is 3. The third kappa shape index (κ3) is 4.16. The van der Waals surface area contributed by atoms with Crippen LogP contribution in [0.4, 0.5) is 5.69 Å². The van der Waals surface area contributed by atoms with Gasteiger partial charge in [-0.15, -0.1) is 0 Å². The average Bonchev–Trinajstić information content (AvgIpc) is 2.32. The maximum atomic E-state index is 6.11. The summed E-state index contributed by atoms with van der Waals surface area (Å²) in [6, 6.07) is 6.40. The van der Waals surface area contributed by atoms with Crippen LogP contribution < -0.4 is 10.6 Å². The van der Waals surface area contributed by atoms with Crippen molar-refractivity contribution in [3.63, 3.8) is 0 Å². The Hall–Kier alpha value is -0.770. The molecule has 0 bridgehead atoms. The van der Waals surface area contributed by atoms with E-state index in [1.54, 1.807) is 7.11 Å². The van der Waals surface area contributed by atoms with Gasteiger partial charge < -0.3 is 15.4 Å². The summed E-state index contributed by atoms with van der Waals surface area (Å²) in [6.07, 6.45) is 0.864. The molecule has 0 atom stereocenters.